The van der Waals surface area contributed by atoms with E-state index in [9.17, 15) is 19.5 Å². The van der Waals surface area contributed by atoms with Crippen LogP contribution in [0.25, 0.3) is 0 Å². The van der Waals surface area contributed by atoms with E-state index in [0.29, 0.717) is 11.1 Å². The van der Waals surface area contributed by atoms with Crippen molar-refractivity contribution in [2.45, 2.75) is 51.5 Å². The van der Waals surface area contributed by atoms with Crippen LogP contribution in [0.1, 0.15) is 34.1 Å². The number of amides is 1. The van der Waals surface area contributed by atoms with Crippen molar-refractivity contribution in [1.29, 1.82) is 0 Å². The van der Waals surface area contributed by atoms with Crippen molar-refractivity contribution in [2.75, 3.05) is 13.7 Å². The minimum atomic E-state index is -1.74. The van der Waals surface area contributed by atoms with Gasteiger partial charge in [-0.1, -0.05) is 41.5 Å². The second-order valence-electron chi connectivity index (χ2n) is 7.64. The van der Waals surface area contributed by atoms with Crippen LogP contribution in [0, 0.1) is 0 Å². The van der Waals surface area contributed by atoms with Gasteiger partial charge in [0.25, 0.3) is 5.91 Å². The van der Waals surface area contributed by atoms with Gasteiger partial charge in [-0.3, -0.25) is 9.59 Å². The van der Waals surface area contributed by atoms with Crippen molar-refractivity contribution >= 4 is 17.7 Å². The molecule has 0 aromatic carbocycles. The van der Waals surface area contributed by atoms with Crippen molar-refractivity contribution in [3.8, 4) is 0 Å². The van der Waals surface area contributed by atoms with Crippen molar-refractivity contribution in [1.82, 2.24) is 5.32 Å². The highest BCUT2D eigenvalue weighted by Crippen LogP contribution is 2.50. The third-order valence-electron chi connectivity index (χ3n) is 5.18. The van der Waals surface area contributed by atoms with E-state index < -0.39 is 35.1 Å². The van der Waals surface area contributed by atoms with Crippen LogP contribution in [0.5, 0.6) is 0 Å². The van der Waals surface area contributed by atoms with Crippen molar-refractivity contribution < 1.29 is 34.1 Å². The average molecular weight is 431 g/mol. The van der Waals surface area contributed by atoms with Gasteiger partial charge in [-0.05, 0) is 39.3 Å². The third kappa shape index (κ3) is 4.92. The molecule has 0 saturated carbocycles. The Hall–Kier alpha value is -2.81. The van der Waals surface area contributed by atoms with E-state index in [2.05, 4.69) is 5.32 Å². The molecule has 0 aromatic rings. The summed E-state index contributed by atoms with van der Waals surface area (Å²) in [6.45, 7) is 6.68. The maximum atomic E-state index is 12.8. The van der Waals surface area contributed by atoms with Crippen LogP contribution in [0.3, 0.4) is 0 Å². The van der Waals surface area contributed by atoms with Crippen molar-refractivity contribution in [2.24, 2.45) is 0 Å². The molecule has 2 fully saturated rings. The topological polar surface area (TPSA) is 125 Å². The predicted octanol–water partition coefficient (Wildman–Crippen LogP) is 1.41. The maximum absolute atomic E-state index is 12.8. The molecule has 0 spiro atoms. The molecule has 0 unspecified atom stereocenters. The van der Waals surface area contributed by atoms with Crippen LogP contribution in [0.15, 0.2) is 58.7 Å². The van der Waals surface area contributed by atoms with Gasteiger partial charge in [0.1, 0.15) is 0 Å². The van der Waals surface area contributed by atoms with E-state index in [4.69, 9.17) is 14.6 Å². The predicted molar refractivity (Wildman–Crippen MR) is 114 cm³/mol. The number of rotatable bonds is 9. The molecule has 2 saturated heterocycles. The second kappa shape index (κ2) is 9.55. The molecule has 3 N–H and O–H groups in total. The second-order valence-corrected chi connectivity index (χ2v) is 7.64. The summed E-state index contributed by atoms with van der Waals surface area (Å²) in [6, 6.07) is 0. The number of aliphatic hydroxyl groups is 2. The van der Waals surface area contributed by atoms with E-state index >= 15 is 0 Å². The van der Waals surface area contributed by atoms with E-state index in [-0.39, 0.29) is 13.0 Å². The Bertz CT molecular complexity index is 924. The quantitative estimate of drug-likeness (QED) is 0.166. The van der Waals surface area contributed by atoms with Gasteiger partial charge in [0, 0.05) is 13.0 Å². The zero-order valence-corrected chi connectivity index (χ0v) is 18.4. The van der Waals surface area contributed by atoms with Gasteiger partial charge in [0.15, 0.2) is 11.8 Å². The van der Waals surface area contributed by atoms with Crippen LogP contribution in [0.4, 0.5) is 0 Å². The number of esters is 1. The summed E-state index contributed by atoms with van der Waals surface area (Å²) >= 11 is 0. The van der Waals surface area contributed by atoms with Gasteiger partial charge in [0.05, 0.1) is 12.7 Å². The fourth-order valence-electron chi connectivity index (χ4n) is 3.54. The molecule has 8 nitrogen and oxygen atoms in total. The highest BCUT2D eigenvalue weighted by Gasteiger charge is 2.80. The lowest BCUT2D eigenvalue weighted by Gasteiger charge is -2.22. The normalized spacial score (nSPS) is 29.1. The Kier molecular flexibility index (Phi) is 7.54. The first-order valence-electron chi connectivity index (χ1n) is 9.90. The molecule has 31 heavy (non-hydrogen) atoms. The molecule has 3 atom stereocenters. The molecule has 2 rings (SSSR count). The number of Topliss-reactive ketones (excluding diaryl/α,β-unsaturated/α-hetero) is 1. The summed E-state index contributed by atoms with van der Waals surface area (Å²) in [5, 5.41) is 21.8. The first kappa shape index (κ1) is 24.5. The lowest BCUT2D eigenvalue weighted by atomic mass is 9.92. The fraction of sp³-hybridized carbons (Fsp3) is 0.435. The minimum Gasteiger partial charge on any atom is -0.465 e. The number of carbonyl (C=O) groups is 3. The summed E-state index contributed by atoms with van der Waals surface area (Å²) in [4.78, 5) is 36.7. The van der Waals surface area contributed by atoms with E-state index in [1.807, 2.05) is 19.9 Å². The number of morpholine rings is 1. The SMILES string of the molecule is CC=C(C=C(C)C=C(C)C=CC=C(C)C(=O)[C@]12O[C@H]1[C@@](O)(CCO)NC2=O)C(=O)OC. The molecule has 2 aliphatic rings. The van der Waals surface area contributed by atoms with E-state index in [1.54, 1.807) is 44.2 Å². The van der Waals surface area contributed by atoms with Gasteiger partial charge < -0.3 is 25.0 Å². The largest absolute Gasteiger partial charge is 0.465 e. The number of carbonyl (C=O) groups excluding carboxylic acids is 3. The standard InChI is InChI=1S/C23H29NO7/c1-6-17(19(27)30-5)13-15(3)12-14(2)8-7-9-16(4)18(26)23-20(31-23)22(29,10-11-25)24-21(23)28/h6-9,12-13,20,25,29H,10-11H2,1-5H3,(H,24,28)/t20-,22-,23-/m0/s1. The maximum Gasteiger partial charge on any atom is 0.337 e. The monoisotopic (exact) mass is 431 g/mol. The first-order chi connectivity index (χ1) is 14.5. The van der Waals surface area contributed by atoms with Crippen LogP contribution in [-0.4, -0.2) is 59.0 Å². The Morgan fingerprint density at radius 3 is 2.45 bits per heavy atom. The number of fused-ring (bicyclic) bond motifs is 1. The van der Waals surface area contributed by atoms with Gasteiger partial charge in [-0.2, -0.15) is 0 Å². The summed E-state index contributed by atoms with van der Waals surface area (Å²) in [5.41, 5.74) is -1.000. The lowest BCUT2D eigenvalue weighted by molar-refractivity contribution is -0.138. The smallest absolute Gasteiger partial charge is 0.337 e. The molecule has 2 heterocycles. The van der Waals surface area contributed by atoms with Crippen LogP contribution >= 0.6 is 0 Å². The lowest BCUT2D eigenvalue weighted by Crippen LogP contribution is -2.48. The highest BCUT2D eigenvalue weighted by molar-refractivity contribution is 6.21. The number of ether oxygens (including phenoxy) is 2. The van der Waals surface area contributed by atoms with Gasteiger partial charge in [0.2, 0.25) is 11.4 Å². The Balaban J connectivity index is 2.08. The number of allylic oxidation sites excluding steroid dienone is 7. The molecular weight excluding hydrogens is 402 g/mol. The summed E-state index contributed by atoms with van der Waals surface area (Å²) in [5.74, 6) is -1.64. The number of methoxy groups -OCH3 is 1. The Labute approximate surface area is 181 Å². The van der Waals surface area contributed by atoms with Gasteiger partial charge >= 0.3 is 5.97 Å². The first-order valence-corrected chi connectivity index (χ1v) is 9.90. The number of epoxide rings is 1. The molecule has 0 radical (unpaired) electrons. The number of ketones is 1. The van der Waals surface area contributed by atoms with Gasteiger partial charge in [-0.15, -0.1) is 0 Å². The molecular formula is C23H29NO7. The van der Waals surface area contributed by atoms with Crippen molar-refractivity contribution in [3.05, 3.63) is 58.7 Å². The molecule has 0 bridgehead atoms. The number of aliphatic hydroxyl groups excluding tert-OH is 1. The zero-order valence-electron chi connectivity index (χ0n) is 18.4. The Morgan fingerprint density at radius 2 is 1.90 bits per heavy atom. The Morgan fingerprint density at radius 1 is 1.23 bits per heavy atom. The number of hydrogen-bond donors (Lipinski definition) is 3. The fourth-order valence-corrected chi connectivity index (χ4v) is 3.54. The van der Waals surface area contributed by atoms with Crippen LogP contribution < -0.4 is 5.32 Å². The number of hydrogen-bond acceptors (Lipinski definition) is 7. The number of nitrogens with one attached hydrogen (secondary N) is 1. The summed E-state index contributed by atoms with van der Waals surface area (Å²) in [7, 11) is 1.33. The van der Waals surface area contributed by atoms with E-state index in [0.717, 1.165) is 11.1 Å². The summed E-state index contributed by atoms with van der Waals surface area (Å²) in [6.07, 6.45) is 9.13. The molecule has 2 aliphatic heterocycles. The van der Waals surface area contributed by atoms with Gasteiger partial charge in [-0.25, -0.2) is 4.79 Å². The molecule has 8 heteroatoms. The third-order valence-corrected chi connectivity index (χ3v) is 5.18. The molecule has 0 aromatic heterocycles. The average Bonchev–Trinajstić information content (AvgIpc) is 3.44. The molecule has 1 amide bonds. The van der Waals surface area contributed by atoms with Crippen LogP contribution in [0.2, 0.25) is 0 Å². The van der Waals surface area contributed by atoms with E-state index in [1.165, 1.54) is 7.11 Å². The summed E-state index contributed by atoms with van der Waals surface area (Å²) < 4.78 is 10.0. The molecule has 0 aliphatic carbocycles. The molecule has 168 valence electrons. The van der Waals surface area contributed by atoms with Crippen LogP contribution in [-0.2, 0) is 23.9 Å². The highest BCUT2D eigenvalue weighted by atomic mass is 16.6. The minimum absolute atomic E-state index is 0.122. The van der Waals surface area contributed by atoms with Crippen molar-refractivity contribution in [3.63, 3.8) is 0 Å². The zero-order chi connectivity index (χ0) is 23.4.